The van der Waals surface area contributed by atoms with Gasteiger partial charge in [-0.2, -0.15) is 0 Å². The zero-order chi connectivity index (χ0) is 12.4. The van der Waals surface area contributed by atoms with Crippen molar-refractivity contribution in [3.05, 3.63) is 48.0 Å². The van der Waals surface area contributed by atoms with Crippen LogP contribution in [0.25, 0.3) is 10.8 Å². The van der Waals surface area contributed by atoms with Crippen molar-refractivity contribution >= 4 is 16.6 Å². The predicted octanol–water partition coefficient (Wildman–Crippen LogP) is 3.10. The van der Waals surface area contributed by atoms with Gasteiger partial charge >= 0.3 is 0 Å². The van der Waals surface area contributed by atoms with Crippen molar-refractivity contribution in [3.8, 4) is 0 Å². The van der Waals surface area contributed by atoms with Crippen LogP contribution in [0.3, 0.4) is 0 Å². The Bertz CT molecular complexity index is 540. The number of rotatable bonds is 3. The molecule has 0 unspecified atom stereocenters. The largest absolute Gasteiger partial charge is 0.388 e. The molecule has 0 amide bonds. The number of hydrogen-bond donors (Lipinski definition) is 1. The van der Waals surface area contributed by atoms with E-state index < -0.39 is 6.10 Å². The van der Waals surface area contributed by atoms with Gasteiger partial charge in [0.15, 0.2) is 0 Å². The van der Waals surface area contributed by atoms with E-state index in [1.54, 1.807) is 6.92 Å². The molecule has 0 spiro atoms. The molecule has 0 aromatic heterocycles. The third-order valence-electron chi connectivity index (χ3n) is 3.26. The molecule has 0 aliphatic carbocycles. The predicted molar refractivity (Wildman–Crippen MR) is 68.8 cm³/mol. The third kappa shape index (κ3) is 2.22. The second-order valence-corrected chi connectivity index (χ2v) is 4.41. The number of Topliss-reactive ketones (excluding diaryl/α,β-unsaturated/α-hetero) is 1. The zero-order valence-corrected chi connectivity index (χ0v) is 10.1. The first-order valence-electron chi connectivity index (χ1n) is 5.77. The summed E-state index contributed by atoms with van der Waals surface area (Å²) in [6.07, 6.45) is -0.737. The van der Waals surface area contributed by atoms with Gasteiger partial charge in [0.25, 0.3) is 0 Å². The number of carbonyl (C=O) groups is 1. The molecule has 2 nitrogen and oxygen atoms in total. The standard InChI is InChI=1S/C15H16O2/c1-10(11(2)16)15(17)14-9-5-7-12-6-3-4-8-13(12)14/h3-10,15,17H,1-2H3/t10-,15-/m1/s1. The van der Waals surface area contributed by atoms with Gasteiger partial charge in [-0.1, -0.05) is 49.4 Å². The SMILES string of the molecule is CC(=O)[C@@H](C)[C@@H](O)c1cccc2ccccc12. The van der Waals surface area contributed by atoms with Gasteiger partial charge in [-0.15, -0.1) is 0 Å². The van der Waals surface area contributed by atoms with E-state index in [1.165, 1.54) is 6.92 Å². The summed E-state index contributed by atoms with van der Waals surface area (Å²) in [6, 6.07) is 13.7. The maximum absolute atomic E-state index is 11.3. The van der Waals surface area contributed by atoms with Crippen molar-refractivity contribution in [1.82, 2.24) is 0 Å². The number of ketones is 1. The van der Waals surface area contributed by atoms with Gasteiger partial charge in [0.05, 0.1) is 6.10 Å². The van der Waals surface area contributed by atoms with Gasteiger partial charge in [-0.25, -0.2) is 0 Å². The Kier molecular flexibility index (Phi) is 3.25. The van der Waals surface area contributed by atoms with Crippen LogP contribution < -0.4 is 0 Å². The van der Waals surface area contributed by atoms with Crippen molar-refractivity contribution in [2.24, 2.45) is 5.92 Å². The lowest BCUT2D eigenvalue weighted by atomic mass is 9.91. The zero-order valence-electron chi connectivity index (χ0n) is 10.1. The highest BCUT2D eigenvalue weighted by Crippen LogP contribution is 2.29. The van der Waals surface area contributed by atoms with Crippen LogP contribution in [0.2, 0.25) is 0 Å². The number of aliphatic hydroxyl groups excluding tert-OH is 1. The van der Waals surface area contributed by atoms with Crippen LogP contribution in [-0.4, -0.2) is 10.9 Å². The molecule has 17 heavy (non-hydrogen) atoms. The number of benzene rings is 2. The van der Waals surface area contributed by atoms with E-state index in [4.69, 9.17) is 0 Å². The lowest BCUT2D eigenvalue weighted by Gasteiger charge is -2.18. The van der Waals surface area contributed by atoms with Crippen molar-refractivity contribution in [3.63, 3.8) is 0 Å². The van der Waals surface area contributed by atoms with Gasteiger partial charge in [-0.3, -0.25) is 4.79 Å². The molecule has 88 valence electrons. The fourth-order valence-electron chi connectivity index (χ4n) is 2.00. The molecule has 0 radical (unpaired) electrons. The summed E-state index contributed by atoms with van der Waals surface area (Å²) < 4.78 is 0. The Morgan fingerprint density at radius 1 is 1.12 bits per heavy atom. The molecule has 0 bridgehead atoms. The second-order valence-electron chi connectivity index (χ2n) is 4.41. The first kappa shape index (κ1) is 11.8. The lowest BCUT2D eigenvalue weighted by Crippen LogP contribution is -2.16. The molecule has 2 atom stereocenters. The summed E-state index contributed by atoms with van der Waals surface area (Å²) >= 11 is 0. The van der Waals surface area contributed by atoms with Crippen molar-refractivity contribution < 1.29 is 9.90 Å². The minimum absolute atomic E-state index is 0.00503. The average molecular weight is 228 g/mol. The first-order chi connectivity index (χ1) is 8.11. The van der Waals surface area contributed by atoms with Gasteiger partial charge < -0.3 is 5.11 Å². The summed E-state index contributed by atoms with van der Waals surface area (Å²) in [5, 5.41) is 12.3. The van der Waals surface area contributed by atoms with Gasteiger partial charge in [0, 0.05) is 5.92 Å². The molecule has 0 heterocycles. The summed E-state index contributed by atoms with van der Waals surface area (Å²) in [5.41, 5.74) is 0.825. The monoisotopic (exact) mass is 228 g/mol. The van der Waals surface area contributed by atoms with Crippen molar-refractivity contribution in [2.75, 3.05) is 0 Å². The number of aliphatic hydroxyl groups is 1. The van der Waals surface area contributed by atoms with Crippen LogP contribution in [0.4, 0.5) is 0 Å². The molecule has 0 aliphatic rings. The minimum Gasteiger partial charge on any atom is -0.388 e. The number of hydrogen-bond acceptors (Lipinski definition) is 2. The van der Waals surface area contributed by atoms with Crippen LogP contribution in [0, 0.1) is 5.92 Å². The maximum Gasteiger partial charge on any atom is 0.135 e. The molecule has 0 aliphatic heterocycles. The van der Waals surface area contributed by atoms with Crippen molar-refractivity contribution in [1.29, 1.82) is 0 Å². The fraction of sp³-hybridized carbons (Fsp3) is 0.267. The number of fused-ring (bicyclic) bond motifs is 1. The molecular formula is C15H16O2. The smallest absolute Gasteiger partial charge is 0.135 e. The van der Waals surface area contributed by atoms with Gasteiger partial charge in [0.1, 0.15) is 5.78 Å². The average Bonchev–Trinajstić information content (AvgIpc) is 2.36. The number of carbonyl (C=O) groups excluding carboxylic acids is 1. The van der Waals surface area contributed by atoms with Crippen molar-refractivity contribution in [2.45, 2.75) is 20.0 Å². The van der Waals surface area contributed by atoms with E-state index >= 15 is 0 Å². The highest BCUT2D eigenvalue weighted by Gasteiger charge is 2.21. The van der Waals surface area contributed by atoms with E-state index in [9.17, 15) is 9.90 Å². The van der Waals surface area contributed by atoms with Crippen LogP contribution in [-0.2, 0) is 4.79 Å². The lowest BCUT2D eigenvalue weighted by molar-refractivity contribution is -0.123. The van der Waals surface area contributed by atoms with Crippen LogP contribution in [0.15, 0.2) is 42.5 Å². The summed E-state index contributed by atoms with van der Waals surface area (Å²) in [7, 11) is 0. The van der Waals surface area contributed by atoms with E-state index in [1.807, 2.05) is 42.5 Å². The molecule has 2 aromatic rings. The molecular weight excluding hydrogens is 212 g/mol. The molecule has 0 saturated carbocycles. The highest BCUT2D eigenvalue weighted by atomic mass is 16.3. The Hall–Kier alpha value is -1.67. The molecule has 2 aromatic carbocycles. The first-order valence-corrected chi connectivity index (χ1v) is 5.77. The highest BCUT2D eigenvalue weighted by molar-refractivity contribution is 5.87. The van der Waals surface area contributed by atoms with Crippen LogP contribution >= 0.6 is 0 Å². The molecule has 2 rings (SSSR count). The Labute approximate surface area is 101 Å². The Morgan fingerprint density at radius 3 is 2.47 bits per heavy atom. The Balaban J connectivity index is 2.52. The van der Waals surface area contributed by atoms with E-state index in [2.05, 4.69) is 0 Å². The normalized spacial score (nSPS) is 14.5. The van der Waals surface area contributed by atoms with Gasteiger partial charge in [0.2, 0.25) is 0 Å². The van der Waals surface area contributed by atoms with Gasteiger partial charge in [-0.05, 0) is 23.3 Å². The Morgan fingerprint density at radius 2 is 1.76 bits per heavy atom. The quantitative estimate of drug-likeness (QED) is 0.876. The summed E-state index contributed by atoms with van der Waals surface area (Å²) in [5.74, 6) is -0.369. The molecule has 0 saturated heterocycles. The maximum atomic E-state index is 11.3. The van der Waals surface area contributed by atoms with Crippen LogP contribution in [0.1, 0.15) is 25.5 Å². The fourth-order valence-corrected chi connectivity index (χ4v) is 2.00. The third-order valence-corrected chi connectivity index (χ3v) is 3.26. The molecule has 0 fully saturated rings. The van der Waals surface area contributed by atoms with E-state index in [0.717, 1.165) is 16.3 Å². The van der Waals surface area contributed by atoms with Crippen LogP contribution in [0.5, 0.6) is 0 Å². The minimum atomic E-state index is -0.737. The molecule has 1 N–H and O–H groups in total. The summed E-state index contributed by atoms with van der Waals surface area (Å²) in [4.78, 5) is 11.3. The van der Waals surface area contributed by atoms with E-state index in [-0.39, 0.29) is 11.7 Å². The summed E-state index contributed by atoms with van der Waals surface area (Å²) in [6.45, 7) is 3.27. The molecule has 2 heteroatoms. The topological polar surface area (TPSA) is 37.3 Å². The van der Waals surface area contributed by atoms with E-state index in [0.29, 0.717) is 0 Å². The second kappa shape index (κ2) is 4.68.